The lowest BCUT2D eigenvalue weighted by Gasteiger charge is -2.15. The Labute approximate surface area is 132 Å². The van der Waals surface area contributed by atoms with E-state index in [0.29, 0.717) is 0 Å². The molecule has 0 spiro atoms. The van der Waals surface area contributed by atoms with Crippen LogP contribution in [0.3, 0.4) is 0 Å². The number of methoxy groups -OCH3 is 1. The lowest BCUT2D eigenvalue weighted by molar-refractivity contribution is 0.0693. The highest BCUT2D eigenvalue weighted by Crippen LogP contribution is 2.30. The summed E-state index contributed by atoms with van der Waals surface area (Å²) in [6, 6.07) is 2.20. The summed E-state index contributed by atoms with van der Waals surface area (Å²) < 4.78 is 4.99. The van der Waals surface area contributed by atoms with Crippen molar-refractivity contribution >= 4 is 41.1 Å². The number of halogens is 1. The predicted octanol–water partition coefficient (Wildman–Crippen LogP) is 2.92. The van der Waals surface area contributed by atoms with Crippen molar-refractivity contribution in [2.24, 2.45) is 0 Å². The van der Waals surface area contributed by atoms with Gasteiger partial charge in [-0.3, -0.25) is 0 Å². The van der Waals surface area contributed by atoms with Gasteiger partial charge in [0, 0.05) is 17.9 Å². The van der Waals surface area contributed by atoms with Gasteiger partial charge in [-0.25, -0.2) is 9.59 Å². The highest BCUT2D eigenvalue weighted by atomic mass is 35.5. The summed E-state index contributed by atoms with van der Waals surface area (Å²) in [7, 11) is 1.35. The number of carbonyl (C=O) groups is 2. The van der Waals surface area contributed by atoms with E-state index in [1.54, 1.807) is 11.8 Å². The Hall–Kier alpha value is -1.60. The predicted molar refractivity (Wildman–Crippen MR) is 85.0 cm³/mol. The number of ether oxygens (including phenoxy) is 1. The molecule has 1 atom stereocenters. The molecule has 0 fully saturated rings. The van der Waals surface area contributed by atoms with Gasteiger partial charge in [-0.15, -0.1) is 0 Å². The molecule has 0 bridgehead atoms. The number of urea groups is 1. The van der Waals surface area contributed by atoms with Crippen LogP contribution in [0, 0.1) is 0 Å². The number of thioether (sulfide) groups is 1. The summed E-state index contributed by atoms with van der Waals surface area (Å²) >= 11 is 7.60. The molecule has 3 N–H and O–H groups in total. The average Bonchev–Trinajstić information content (AvgIpc) is 2.40. The van der Waals surface area contributed by atoms with Crippen molar-refractivity contribution in [2.75, 3.05) is 24.4 Å². The minimum Gasteiger partial charge on any atom is -0.496 e. The molecule has 0 aliphatic heterocycles. The van der Waals surface area contributed by atoms with Crippen LogP contribution in [-0.2, 0) is 0 Å². The largest absolute Gasteiger partial charge is 0.496 e. The summed E-state index contributed by atoms with van der Waals surface area (Å²) in [5, 5.41) is 14.5. The quantitative estimate of drug-likeness (QED) is 0.745. The Balaban J connectivity index is 2.89. The number of carboxylic acid groups (broad SMARTS) is 1. The van der Waals surface area contributed by atoms with Gasteiger partial charge >= 0.3 is 12.0 Å². The van der Waals surface area contributed by atoms with Crippen molar-refractivity contribution in [2.45, 2.75) is 13.0 Å². The molecule has 0 heterocycles. The fraction of sp³-hybridized carbons (Fsp3) is 0.385. The van der Waals surface area contributed by atoms with Crippen LogP contribution in [0.5, 0.6) is 5.75 Å². The van der Waals surface area contributed by atoms with Gasteiger partial charge in [-0.05, 0) is 19.2 Å². The number of aromatic carboxylic acids is 1. The molecule has 0 saturated carbocycles. The van der Waals surface area contributed by atoms with Gasteiger partial charge in [0.05, 0.1) is 17.8 Å². The molecule has 116 valence electrons. The van der Waals surface area contributed by atoms with E-state index in [2.05, 4.69) is 10.6 Å². The van der Waals surface area contributed by atoms with Gasteiger partial charge < -0.3 is 20.5 Å². The Kier molecular flexibility index (Phi) is 6.64. The molecular formula is C13H17ClN2O4S. The minimum absolute atomic E-state index is 0.000959. The normalized spacial score (nSPS) is 11.6. The zero-order chi connectivity index (χ0) is 16.0. The number of carbonyl (C=O) groups excluding carboxylic acids is 1. The van der Waals surface area contributed by atoms with Crippen LogP contribution in [0.1, 0.15) is 17.3 Å². The topological polar surface area (TPSA) is 87.7 Å². The van der Waals surface area contributed by atoms with Gasteiger partial charge in [0.1, 0.15) is 11.3 Å². The van der Waals surface area contributed by atoms with Crippen LogP contribution in [0.4, 0.5) is 10.5 Å². The van der Waals surface area contributed by atoms with Crippen LogP contribution >= 0.6 is 23.4 Å². The molecule has 0 aliphatic rings. The maximum Gasteiger partial charge on any atom is 0.339 e. The number of amides is 2. The molecule has 2 amide bonds. The van der Waals surface area contributed by atoms with E-state index in [1.807, 2.05) is 13.2 Å². The Morgan fingerprint density at radius 3 is 2.67 bits per heavy atom. The zero-order valence-electron chi connectivity index (χ0n) is 11.9. The number of hydrogen-bond acceptors (Lipinski definition) is 4. The summed E-state index contributed by atoms with van der Waals surface area (Å²) in [4.78, 5) is 22.9. The molecule has 0 aromatic heterocycles. The van der Waals surface area contributed by atoms with E-state index in [0.717, 1.165) is 5.75 Å². The lowest BCUT2D eigenvalue weighted by atomic mass is 10.2. The molecule has 0 aliphatic carbocycles. The summed E-state index contributed by atoms with van der Waals surface area (Å²) in [6.45, 7) is 1.88. The van der Waals surface area contributed by atoms with Gasteiger partial charge in [0.2, 0.25) is 0 Å². The number of anilines is 1. The standard InChI is InChI=1S/C13H17ClN2O4S/c1-7(6-21-3)15-13(19)16-10-5-11(20-2)8(12(17)18)4-9(10)14/h4-5,7H,6H2,1-3H3,(H,17,18)(H2,15,16,19). The number of benzene rings is 1. The molecule has 1 rings (SSSR count). The third-order valence-electron chi connectivity index (χ3n) is 2.56. The SMILES string of the molecule is COc1cc(NC(=O)NC(C)CSC)c(Cl)cc1C(=O)O. The second-order valence-corrected chi connectivity index (χ2v) is 5.61. The molecule has 8 heteroatoms. The number of rotatable bonds is 6. The van der Waals surface area contributed by atoms with Crippen molar-refractivity contribution in [1.29, 1.82) is 0 Å². The Morgan fingerprint density at radius 2 is 2.14 bits per heavy atom. The van der Waals surface area contributed by atoms with Gasteiger partial charge in [0.15, 0.2) is 0 Å². The fourth-order valence-corrected chi connectivity index (χ4v) is 2.45. The van der Waals surface area contributed by atoms with Crippen molar-refractivity contribution < 1.29 is 19.4 Å². The molecule has 6 nitrogen and oxygen atoms in total. The highest BCUT2D eigenvalue weighted by molar-refractivity contribution is 7.98. The van der Waals surface area contributed by atoms with E-state index >= 15 is 0 Å². The monoisotopic (exact) mass is 332 g/mol. The first-order chi connectivity index (χ1) is 9.88. The van der Waals surface area contributed by atoms with Crippen LogP contribution in [0.15, 0.2) is 12.1 Å². The fourth-order valence-electron chi connectivity index (χ4n) is 1.66. The van der Waals surface area contributed by atoms with Crippen LogP contribution in [-0.4, -0.2) is 42.3 Å². The van der Waals surface area contributed by atoms with Gasteiger partial charge in [0.25, 0.3) is 0 Å². The van der Waals surface area contributed by atoms with Crippen LogP contribution in [0.2, 0.25) is 5.02 Å². The maximum atomic E-state index is 11.8. The molecule has 1 aromatic rings. The zero-order valence-corrected chi connectivity index (χ0v) is 13.5. The Morgan fingerprint density at radius 1 is 1.48 bits per heavy atom. The third kappa shape index (κ3) is 5.02. The van der Waals surface area contributed by atoms with E-state index < -0.39 is 12.0 Å². The van der Waals surface area contributed by atoms with E-state index in [-0.39, 0.29) is 28.1 Å². The molecule has 0 radical (unpaired) electrons. The lowest BCUT2D eigenvalue weighted by Crippen LogP contribution is -2.37. The van der Waals surface area contributed by atoms with Crippen LogP contribution in [0.25, 0.3) is 0 Å². The summed E-state index contributed by atoms with van der Waals surface area (Å²) in [5.74, 6) is -0.250. The number of hydrogen-bond donors (Lipinski definition) is 3. The van der Waals surface area contributed by atoms with Gasteiger partial charge in [-0.1, -0.05) is 11.6 Å². The number of carboxylic acids is 1. The number of nitrogens with one attached hydrogen (secondary N) is 2. The molecule has 1 aromatic carbocycles. The Bertz CT molecular complexity index is 539. The van der Waals surface area contributed by atoms with Crippen molar-refractivity contribution in [1.82, 2.24) is 5.32 Å². The first-order valence-electron chi connectivity index (χ1n) is 6.06. The molecule has 21 heavy (non-hydrogen) atoms. The smallest absolute Gasteiger partial charge is 0.339 e. The van der Waals surface area contributed by atoms with Crippen molar-refractivity contribution in [3.63, 3.8) is 0 Å². The second kappa shape index (κ2) is 7.99. The minimum atomic E-state index is -1.15. The van der Waals surface area contributed by atoms with E-state index in [9.17, 15) is 9.59 Å². The van der Waals surface area contributed by atoms with E-state index in [4.69, 9.17) is 21.4 Å². The first kappa shape index (κ1) is 17.5. The molecule has 0 saturated heterocycles. The molecular weight excluding hydrogens is 316 g/mol. The molecule has 1 unspecified atom stereocenters. The average molecular weight is 333 g/mol. The second-order valence-electron chi connectivity index (χ2n) is 4.29. The van der Waals surface area contributed by atoms with E-state index in [1.165, 1.54) is 19.2 Å². The van der Waals surface area contributed by atoms with Crippen molar-refractivity contribution in [3.05, 3.63) is 22.7 Å². The first-order valence-corrected chi connectivity index (χ1v) is 7.83. The third-order valence-corrected chi connectivity index (χ3v) is 3.71. The summed E-state index contributed by atoms with van der Waals surface area (Å²) in [5.41, 5.74) is 0.219. The summed E-state index contributed by atoms with van der Waals surface area (Å²) in [6.07, 6.45) is 1.95. The van der Waals surface area contributed by atoms with Gasteiger partial charge in [-0.2, -0.15) is 11.8 Å². The van der Waals surface area contributed by atoms with Crippen molar-refractivity contribution in [3.8, 4) is 5.75 Å². The maximum absolute atomic E-state index is 11.8. The van der Waals surface area contributed by atoms with Crippen LogP contribution < -0.4 is 15.4 Å². The highest BCUT2D eigenvalue weighted by Gasteiger charge is 2.16.